The Kier molecular flexibility index (Phi) is 9.57. The maximum absolute atomic E-state index is 10.5. The van der Waals surface area contributed by atoms with Crippen LogP contribution in [0.2, 0.25) is 0 Å². The van der Waals surface area contributed by atoms with Gasteiger partial charge in [-0.1, -0.05) is 74.1 Å². The Bertz CT molecular complexity index is 782. The fraction of sp³-hybridized carbons (Fsp3) is 0.812. The zero-order valence-electron chi connectivity index (χ0n) is 24.0. The first-order valence-electron chi connectivity index (χ1n) is 14.0. The van der Waals surface area contributed by atoms with Gasteiger partial charge in [-0.05, 0) is 122 Å². The average Bonchev–Trinajstić information content (AvgIpc) is 2.69. The van der Waals surface area contributed by atoms with Crippen molar-refractivity contribution in [1.82, 2.24) is 0 Å². The summed E-state index contributed by atoms with van der Waals surface area (Å²) in [5.74, 6) is 1.36. The summed E-state index contributed by atoms with van der Waals surface area (Å²) in [5, 5.41) is 10.5. The molecule has 1 N–H and O–H groups in total. The van der Waals surface area contributed by atoms with Crippen molar-refractivity contribution in [2.75, 3.05) is 0 Å². The van der Waals surface area contributed by atoms with Gasteiger partial charge >= 0.3 is 0 Å². The van der Waals surface area contributed by atoms with Crippen molar-refractivity contribution in [1.29, 1.82) is 0 Å². The maximum Gasteiger partial charge on any atom is 0.121 e. The molecular weight excluding hydrogens is 400 g/mol. The second kappa shape index (κ2) is 11.2. The molecule has 190 valence electrons. The predicted molar refractivity (Wildman–Crippen MR) is 146 cm³/mol. The zero-order chi connectivity index (χ0) is 25.0. The summed E-state index contributed by atoms with van der Waals surface area (Å²) < 4.78 is 0. The van der Waals surface area contributed by atoms with Crippen molar-refractivity contribution in [2.45, 2.75) is 146 Å². The van der Waals surface area contributed by atoms with Gasteiger partial charge in [-0.2, -0.15) is 0 Å². The Morgan fingerprint density at radius 3 is 1.91 bits per heavy atom. The highest BCUT2D eigenvalue weighted by atomic mass is 16.3. The Labute approximate surface area is 207 Å². The lowest BCUT2D eigenvalue weighted by molar-refractivity contribution is 0.204. The van der Waals surface area contributed by atoms with Crippen molar-refractivity contribution in [3.63, 3.8) is 0 Å². The van der Waals surface area contributed by atoms with Crippen LogP contribution < -0.4 is 0 Å². The summed E-state index contributed by atoms with van der Waals surface area (Å²) in [6.07, 6.45) is 15.8. The third-order valence-corrected chi connectivity index (χ3v) is 9.10. The molecule has 1 aromatic rings. The minimum absolute atomic E-state index is 0.405. The van der Waals surface area contributed by atoms with E-state index in [2.05, 4.69) is 69.2 Å². The third-order valence-electron chi connectivity index (χ3n) is 9.10. The van der Waals surface area contributed by atoms with Crippen LogP contribution in [0.4, 0.5) is 0 Å². The first kappa shape index (κ1) is 28.3. The minimum Gasteiger partial charge on any atom is -0.507 e. The van der Waals surface area contributed by atoms with Crippen LogP contribution in [0.15, 0.2) is 0 Å². The quantitative estimate of drug-likeness (QED) is 0.331. The van der Waals surface area contributed by atoms with E-state index in [1.165, 1.54) is 87.3 Å². The van der Waals surface area contributed by atoms with E-state index in [-0.39, 0.29) is 0 Å². The number of hydrogen-bond acceptors (Lipinski definition) is 1. The summed E-state index contributed by atoms with van der Waals surface area (Å²) in [6, 6.07) is 0. The van der Waals surface area contributed by atoms with Crippen molar-refractivity contribution >= 4 is 0 Å². The van der Waals surface area contributed by atoms with Gasteiger partial charge in [0.05, 0.1) is 0 Å². The molecule has 1 nitrogen and oxygen atoms in total. The van der Waals surface area contributed by atoms with Gasteiger partial charge < -0.3 is 5.11 Å². The number of fused-ring (bicyclic) bond motifs is 1. The molecule has 1 unspecified atom stereocenters. The second-order valence-electron chi connectivity index (χ2n) is 14.0. The van der Waals surface area contributed by atoms with Crippen molar-refractivity contribution in [3.05, 3.63) is 27.8 Å². The maximum atomic E-state index is 10.5. The molecule has 33 heavy (non-hydrogen) atoms. The molecular formula is C32H56O. The van der Waals surface area contributed by atoms with Gasteiger partial charge in [0.1, 0.15) is 5.75 Å². The van der Waals surface area contributed by atoms with Gasteiger partial charge in [-0.25, -0.2) is 0 Å². The van der Waals surface area contributed by atoms with Crippen LogP contribution in [0.1, 0.15) is 140 Å². The van der Waals surface area contributed by atoms with E-state index in [9.17, 15) is 5.11 Å². The van der Waals surface area contributed by atoms with Gasteiger partial charge in [0.15, 0.2) is 0 Å². The first-order chi connectivity index (χ1) is 15.2. The summed E-state index contributed by atoms with van der Waals surface area (Å²) in [6.45, 7) is 23.6. The molecule has 0 aromatic heterocycles. The zero-order valence-corrected chi connectivity index (χ0v) is 24.0. The molecule has 0 saturated carbocycles. The topological polar surface area (TPSA) is 20.2 Å². The Balaban J connectivity index is 1.83. The molecule has 0 amide bonds. The molecule has 0 fully saturated rings. The van der Waals surface area contributed by atoms with Crippen LogP contribution in [0, 0.1) is 42.9 Å². The van der Waals surface area contributed by atoms with Gasteiger partial charge in [-0.15, -0.1) is 0 Å². The fourth-order valence-electron chi connectivity index (χ4n) is 6.29. The third kappa shape index (κ3) is 8.03. The van der Waals surface area contributed by atoms with E-state index >= 15 is 0 Å². The Hall–Kier alpha value is -0.980. The minimum atomic E-state index is 0.405. The molecule has 1 atom stereocenters. The summed E-state index contributed by atoms with van der Waals surface area (Å²) in [4.78, 5) is 0. The highest BCUT2D eigenvalue weighted by molar-refractivity contribution is 5.54. The number of phenols is 1. The highest BCUT2D eigenvalue weighted by Gasteiger charge is 2.33. The molecule has 0 bridgehead atoms. The first-order valence-corrected chi connectivity index (χ1v) is 14.0. The van der Waals surface area contributed by atoms with Crippen LogP contribution >= 0.6 is 0 Å². The normalized spacial score (nSPS) is 19.2. The number of rotatable bonds is 12. The number of benzene rings is 1. The molecule has 0 radical (unpaired) electrons. The van der Waals surface area contributed by atoms with E-state index < -0.39 is 0 Å². The van der Waals surface area contributed by atoms with E-state index in [4.69, 9.17) is 0 Å². The van der Waals surface area contributed by atoms with Crippen LogP contribution in [0.3, 0.4) is 0 Å². The molecule has 1 aliphatic rings. The highest BCUT2D eigenvalue weighted by Crippen LogP contribution is 2.45. The van der Waals surface area contributed by atoms with E-state index in [0.717, 1.165) is 23.5 Å². The fourth-order valence-corrected chi connectivity index (χ4v) is 6.29. The second-order valence-corrected chi connectivity index (χ2v) is 14.0. The molecule has 0 spiro atoms. The lowest BCUT2D eigenvalue weighted by Crippen LogP contribution is -2.28. The van der Waals surface area contributed by atoms with Crippen LogP contribution in [-0.4, -0.2) is 5.11 Å². The summed E-state index contributed by atoms with van der Waals surface area (Å²) in [7, 11) is 0. The van der Waals surface area contributed by atoms with E-state index in [1.807, 2.05) is 0 Å². The van der Waals surface area contributed by atoms with Crippen molar-refractivity contribution < 1.29 is 5.11 Å². The standard InChI is InChI=1S/C32H56O/c1-23(2)14-11-16-30(6,7)17-12-18-31(8,9)19-13-20-32(10)21-15-27-26(5)29(33)25(4)24(3)28(27)22-32/h23,33H,11-22H2,1-10H3. The smallest absolute Gasteiger partial charge is 0.121 e. The monoisotopic (exact) mass is 456 g/mol. The van der Waals surface area contributed by atoms with Crippen LogP contribution in [0.25, 0.3) is 0 Å². The van der Waals surface area contributed by atoms with Crippen LogP contribution in [-0.2, 0) is 12.8 Å². The van der Waals surface area contributed by atoms with Crippen LogP contribution in [0.5, 0.6) is 5.75 Å². The van der Waals surface area contributed by atoms with Gasteiger partial charge in [0.25, 0.3) is 0 Å². The molecule has 1 aliphatic carbocycles. The SMILES string of the molecule is Cc1c(C)c2c(c(C)c1O)CCC(C)(CCCC(C)(C)CCCC(C)(C)CCCC(C)C)C2. The summed E-state index contributed by atoms with van der Waals surface area (Å²) in [5.41, 5.74) is 7.87. The molecule has 2 rings (SSSR count). The lowest BCUT2D eigenvalue weighted by atomic mass is 9.67. The molecule has 1 heteroatoms. The van der Waals surface area contributed by atoms with E-state index in [0.29, 0.717) is 22.0 Å². The van der Waals surface area contributed by atoms with Crippen molar-refractivity contribution in [3.8, 4) is 5.75 Å². The number of phenolic OH excluding ortho intramolecular Hbond substituents is 1. The van der Waals surface area contributed by atoms with Crippen molar-refractivity contribution in [2.24, 2.45) is 22.2 Å². The molecule has 0 heterocycles. The van der Waals surface area contributed by atoms with E-state index in [1.54, 1.807) is 0 Å². The average molecular weight is 457 g/mol. The Morgan fingerprint density at radius 1 is 0.788 bits per heavy atom. The number of hydrogen-bond donors (Lipinski definition) is 1. The molecule has 0 aliphatic heterocycles. The molecule has 0 saturated heterocycles. The lowest BCUT2D eigenvalue weighted by Gasteiger charge is -2.38. The largest absolute Gasteiger partial charge is 0.507 e. The Morgan fingerprint density at radius 2 is 1.33 bits per heavy atom. The van der Waals surface area contributed by atoms with Gasteiger partial charge in [0, 0.05) is 0 Å². The predicted octanol–water partition coefficient (Wildman–Crippen LogP) is 10.0. The van der Waals surface area contributed by atoms with Gasteiger partial charge in [-0.3, -0.25) is 0 Å². The summed E-state index contributed by atoms with van der Waals surface area (Å²) >= 11 is 0. The number of aromatic hydroxyl groups is 1. The molecule has 1 aromatic carbocycles. The van der Waals surface area contributed by atoms with Gasteiger partial charge in [0.2, 0.25) is 0 Å².